The molecule has 0 radical (unpaired) electrons. The third kappa shape index (κ3) is 4.40. The van der Waals surface area contributed by atoms with Crippen LogP contribution in [0.5, 0.6) is 0 Å². The van der Waals surface area contributed by atoms with Crippen molar-refractivity contribution in [1.82, 2.24) is 0 Å². The molecule has 0 amide bonds. The van der Waals surface area contributed by atoms with Gasteiger partial charge in [-0.1, -0.05) is 158 Å². The van der Waals surface area contributed by atoms with Gasteiger partial charge in [-0.2, -0.15) is 0 Å². The predicted octanol–water partition coefficient (Wildman–Crippen LogP) is 13.7. The standard InChI is InChI=1S/C48H30O/c1-3-13-31(14-4-1)36-26-23-33-29-34(24-27-37(33)46(36)32-15-5-2-6-16-32)47-40-18-7-9-20-42(40)48(43-21-10-8-19-41(43)47)35-25-28-39-38-17-11-12-22-44(38)49-45(39)30-35/h1-30H. The van der Waals surface area contributed by atoms with E-state index < -0.39 is 0 Å². The van der Waals surface area contributed by atoms with Gasteiger partial charge in [-0.05, 0) is 101 Å². The molecule has 0 bridgehead atoms. The van der Waals surface area contributed by atoms with E-state index in [4.69, 9.17) is 4.42 Å². The summed E-state index contributed by atoms with van der Waals surface area (Å²) in [6.45, 7) is 0. The molecule has 10 aromatic rings. The molecule has 0 aliphatic heterocycles. The van der Waals surface area contributed by atoms with E-state index in [1.807, 2.05) is 12.1 Å². The van der Waals surface area contributed by atoms with E-state index in [0.717, 1.165) is 27.5 Å². The summed E-state index contributed by atoms with van der Waals surface area (Å²) in [5, 5.41) is 9.72. The van der Waals surface area contributed by atoms with Gasteiger partial charge in [0.05, 0.1) is 0 Å². The van der Waals surface area contributed by atoms with Crippen LogP contribution in [0.4, 0.5) is 0 Å². The molecule has 0 N–H and O–H groups in total. The SMILES string of the molecule is c1ccc(-c2ccc3cc(-c4c5ccccc5c(-c5ccc6c(c5)oc5ccccc56)c5ccccc45)ccc3c2-c2ccccc2)cc1. The summed E-state index contributed by atoms with van der Waals surface area (Å²) in [6, 6.07) is 65.8. The van der Waals surface area contributed by atoms with Crippen LogP contribution in [-0.2, 0) is 0 Å². The third-order valence-electron chi connectivity index (χ3n) is 10.1. The molecule has 0 aliphatic carbocycles. The maximum atomic E-state index is 6.35. The molecule has 0 atom stereocenters. The Bertz CT molecular complexity index is 2800. The first-order valence-corrected chi connectivity index (χ1v) is 16.8. The zero-order chi connectivity index (χ0) is 32.3. The van der Waals surface area contributed by atoms with E-state index in [2.05, 4.69) is 170 Å². The zero-order valence-corrected chi connectivity index (χ0v) is 26.7. The molecule has 49 heavy (non-hydrogen) atoms. The minimum atomic E-state index is 0.912. The molecule has 1 aromatic heterocycles. The lowest BCUT2D eigenvalue weighted by Gasteiger charge is -2.19. The van der Waals surface area contributed by atoms with Gasteiger partial charge in [0.2, 0.25) is 0 Å². The third-order valence-corrected chi connectivity index (χ3v) is 10.1. The minimum absolute atomic E-state index is 0.912. The Balaban J connectivity index is 1.22. The first kappa shape index (κ1) is 27.7. The van der Waals surface area contributed by atoms with Crippen LogP contribution in [0, 0.1) is 0 Å². The van der Waals surface area contributed by atoms with Gasteiger partial charge in [-0.25, -0.2) is 0 Å². The van der Waals surface area contributed by atoms with Gasteiger partial charge in [-0.15, -0.1) is 0 Å². The Morgan fingerprint density at radius 1 is 0.265 bits per heavy atom. The highest BCUT2D eigenvalue weighted by Crippen LogP contribution is 2.46. The Morgan fingerprint density at radius 3 is 1.39 bits per heavy atom. The van der Waals surface area contributed by atoms with Gasteiger partial charge in [0.15, 0.2) is 0 Å². The Labute approximate surface area is 284 Å². The molecule has 0 fully saturated rings. The summed E-state index contributed by atoms with van der Waals surface area (Å²) >= 11 is 0. The molecule has 0 aliphatic rings. The maximum Gasteiger partial charge on any atom is 0.136 e. The Hall–Kier alpha value is -6.44. The largest absolute Gasteiger partial charge is 0.456 e. The summed E-state index contributed by atoms with van der Waals surface area (Å²) in [6.07, 6.45) is 0. The van der Waals surface area contributed by atoms with Crippen LogP contribution in [0.15, 0.2) is 186 Å². The minimum Gasteiger partial charge on any atom is -0.456 e. The van der Waals surface area contributed by atoms with Crippen LogP contribution >= 0.6 is 0 Å². The highest BCUT2D eigenvalue weighted by Gasteiger charge is 2.19. The van der Waals surface area contributed by atoms with Crippen molar-refractivity contribution in [2.75, 3.05) is 0 Å². The highest BCUT2D eigenvalue weighted by molar-refractivity contribution is 6.22. The summed E-state index contributed by atoms with van der Waals surface area (Å²) in [5.41, 5.74) is 11.7. The van der Waals surface area contributed by atoms with Crippen molar-refractivity contribution in [1.29, 1.82) is 0 Å². The van der Waals surface area contributed by atoms with Gasteiger partial charge >= 0.3 is 0 Å². The monoisotopic (exact) mass is 622 g/mol. The molecule has 0 spiro atoms. The topological polar surface area (TPSA) is 13.1 Å². The molecule has 1 heteroatoms. The molecule has 0 saturated heterocycles. The van der Waals surface area contributed by atoms with Crippen molar-refractivity contribution in [3.05, 3.63) is 182 Å². The molecule has 228 valence electrons. The average molecular weight is 623 g/mol. The summed E-state index contributed by atoms with van der Waals surface area (Å²) in [5.74, 6) is 0. The van der Waals surface area contributed by atoms with Crippen LogP contribution in [0.2, 0.25) is 0 Å². The normalized spacial score (nSPS) is 11.7. The lowest BCUT2D eigenvalue weighted by atomic mass is 9.84. The fourth-order valence-corrected chi connectivity index (χ4v) is 7.89. The smallest absolute Gasteiger partial charge is 0.136 e. The number of furan rings is 1. The van der Waals surface area contributed by atoms with Gasteiger partial charge in [0, 0.05) is 10.8 Å². The number of para-hydroxylation sites is 1. The van der Waals surface area contributed by atoms with Crippen molar-refractivity contribution in [2.45, 2.75) is 0 Å². The lowest BCUT2D eigenvalue weighted by molar-refractivity contribution is 0.669. The first-order chi connectivity index (χ1) is 24.3. The second kappa shape index (κ2) is 11.1. The van der Waals surface area contributed by atoms with E-state index in [1.165, 1.54) is 71.3 Å². The van der Waals surface area contributed by atoms with Crippen molar-refractivity contribution >= 4 is 54.3 Å². The summed E-state index contributed by atoms with van der Waals surface area (Å²) in [4.78, 5) is 0. The molecule has 9 aromatic carbocycles. The van der Waals surface area contributed by atoms with Crippen molar-refractivity contribution in [2.24, 2.45) is 0 Å². The van der Waals surface area contributed by atoms with Crippen molar-refractivity contribution in [3.8, 4) is 44.5 Å². The predicted molar refractivity (Wildman–Crippen MR) is 208 cm³/mol. The van der Waals surface area contributed by atoms with Crippen LogP contribution in [0.3, 0.4) is 0 Å². The number of benzene rings is 9. The molecule has 10 rings (SSSR count). The lowest BCUT2D eigenvalue weighted by Crippen LogP contribution is -1.92. The molecule has 0 saturated carbocycles. The summed E-state index contributed by atoms with van der Waals surface area (Å²) in [7, 11) is 0. The van der Waals surface area contributed by atoms with Crippen molar-refractivity contribution < 1.29 is 4.42 Å². The highest BCUT2D eigenvalue weighted by atomic mass is 16.3. The van der Waals surface area contributed by atoms with Crippen LogP contribution in [-0.4, -0.2) is 0 Å². The Morgan fingerprint density at radius 2 is 0.755 bits per heavy atom. The fourth-order valence-electron chi connectivity index (χ4n) is 7.89. The van der Waals surface area contributed by atoms with Gasteiger partial charge in [0.1, 0.15) is 11.2 Å². The van der Waals surface area contributed by atoms with Crippen LogP contribution in [0.25, 0.3) is 98.8 Å². The van der Waals surface area contributed by atoms with Gasteiger partial charge < -0.3 is 4.42 Å². The number of fused-ring (bicyclic) bond motifs is 6. The molecule has 0 unspecified atom stereocenters. The summed E-state index contributed by atoms with van der Waals surface area (Å²) < 4.78 is 6.35. The molecule has 1 nitrogen and oxygen atoms in total. The van der Waals surface area contributed by atoms with E-state index in [-0.39, 0.29) is 0 Å². The second-order valence-corrected chi connectivity index (χ2v) is 12.8. The second-order valence-electron chi connectivity index (χ2n) is 12.8. The zero-order valence-electron chi connectivity index (χ0n) is 26.7. The fraction of sp³-hybridized carbons (Fsp3) is 0. The Kier molecular flexibility index (Phi) is 6.25. The van der Waals surface area contributed by atoms with E-state index >= 15 is 0 Å². The van der Waals surface area contributed by atoms with E-state index in [1.54, 1.807) is 0 Å². The number of hydrogen-bond donors (Lipinski definition) is 0. The quantitative estimate of drug-likeness (QED) is 0.178. The average Bonchev–Trinajstić information content (AvgIpc) is 3.55. The molecule has 1 heterocycles. The van der Waals surface area contributed by atoms with E-state index in [0.29, 0.717) is 0 Å². The number of rotatable bonds is 4. The van der Waals surface area contributed by atoms with Crippen LogP contribution < -0.4 is 0 Å². The molecular formula is C48H30O. The molecular weight excluding hydrogens is 593 g/mol. The van der Waals surface area contributed by atoms with Crippen molar-refractivity contribution in [3.63, 3.8) is 0 Å². The van der Waals surface area contributed by atoms with Gasteiger partial charge in [-0.3, -0.25) is 0 Å². The number of hydrogen-bond acceptors (Lipinski definition) is 1. The maximum absolute atomic E-state index is 6.35. The van der Waals surface area contributed by atoms with Gasteiger partial charge in [0.25, 0.3) is 0 Å². The first-order valence-electron chi connectivity index (χ1n) is 16.8. The van der Waals surface area contributed by atoms with E-state index in [9.17, 15) is 0 Å². The van der Waals surface area contributed by atoms with Crippen LogP contribution in [0.1, 0.15) is 0 Å².